The van der Waals surface area contributed by atoms with Gasteiger partial charge in [-0.1, -0.05) is 32.0 Å². The van der Waals surface area contributed by atoms with Crippen molar-refractivity contribution in [1.29, 1.82) is 0 Å². The van der Waals surface area contributed by atoms with Gasteiger partial charge in [0.15, 0.2) is 0 Å². The normalized spacial score (nSPS) is 16.5. The van der Waals surface area contributed by atoms with E-state index in [1.807, 2.05) is 12.1 Å². The molecule has 1 fully saturated rings. The van der Waals surface area contributed by atoms with Crippen LogP contribution in [0.5, 0.6) is 5.75 Å². The fourth-order valence-corrected chi connectivity index (χ4v) is 3.87. The predicted octanol–water partition coefficient (Wildman–Crippen LogP) is 3.92. The van der Waals surface area contributed by atoms with E-state index in [0.717, 1.165) is 36.3 Å². The Balaban J connectivity index is 1.77. The highest BCUT2D eigenvalue weighted by Gasteiger charge is 2.26. The molecule has 0 saturated carbocycles. The van der Waals surface area contributed by atoms with Gasteiger partial charge in [-0.3, -0.25) is 4.90 Å². The molecule has 1 saturated heterocycles. The minimum Gasteiger partial charge on any atom is -0.496 e. The number of likely N-dealkylation sites (tertiary alicyclic amines) is 1. The first-order chi connectivity index (χ1) is 11.7. The van der Waals surface area contributed by atoms with Crippen LogP contribution in [0.1, 0.15) is 50.0 Å². The van der Waals surface area contributed by atoms with Gasteiger partial charge in [-0.25, -0.2) is 4.98 Å². The van der Waals surface area contributed by atoms with Crippen LogP contribution in [0.15, 0.2) is 24.3 Å². The summed E-state index contributed by atoms with van der Waals surface area (Å²) in [5.74, 6) is 2.23. The minimum absolute atomic E-state index is 0.287. The van der Waals surface area contributed by atoms with Gasteiger partial charge in [-0.2, -0.15) is 4.37 Å². The lowest BCUT2D eigenvalue weighted by molar-refractivity contribution is 0.249. The molecule has 1 N–H and O–H groups in total. The molecule has 6 heteroatoms. The van der Waals surface area contributed by atoms with E-state index in [1.54, 1.807) is 7.11 Å². The van der Waals surface area contributed by atoms with E-state index in [9.17, 15) is 0 Å². The van der Waals surface area contributed by atoms with E-state index in [1.165, 1.54) is 29.9 Å². The van der Waals surface area contributed by atoms with Gasteiger partial charge in [0.2, 0.25) is 5.13 Å². The number of methoxy groups -OCH3 is 1. The molecule has 0 radical (unpaired) electrons. The van der Waals surface area contributed by atoms with Crippen molar-refractivity contribution in [3.63, 3.8) is 0 Å². The predicted molar refractivity (Wildman–Crippen MR) is 99.0 cm³/mol. The summed E-state index contributed by atoms with van der Waals surface area (Å²) >= 11 is 1.45. The first kappa shape index (κ1) is 17.2. The number of nitrogens with zero attached hydrogens (tertiary/aromatic N) is 3. The Labute approximate surface area is 148 Å². The Morgan fingerprint density at radius 1 is 1.25 bits per heavy atom. The molecule has 3 rings (SSSR count). The number of hydrogen-bond acceptors (Lipinski definition) is 6. The molecule has 130 valence electrons. The molecule has 1 unspecified atom stereocenters. The van der Waals surface area contributed by atoms with E-state index in [2.05, 4.69) is 45.6 Å². The average molecular weight is 347 g/mol. The summed E-state index contributed by atoms with van der Waals surface area (Å²) in [6.45, 7) is 7.32. The molecule has 2 heterocycles. The van der Waals surface area contributed by atoms with Gasteiger partial charge in [0.25, 0.3) is 0 Å². The first-order valence-electron chi connectivity index (χ1n) is 8.63. The number of para-hydroxylation sites is 1. The Hall–Kier alpha value is -1.66. The number of benzene rings is 1. The molecule has 0 spiro atoms. The van der Waals surface area contributed by atoms with Crippen molar-refractivity contribution in [2.45, 2.75) is 38.6 Å². The number of ether oxygens (including phenoxy) is 1. The molecule has 0 bridgehead atoms. The fraction of sp³-hybridized carbons (Fsp3) is 0.556. The summed E-state index contributed by atoms with van der Waals surface area (Å²) in [6, 6.07) is 8.61. The van der Waals surface area contributed by atoms with Gasteiger partial charge in [-0.05, 0) is 32.0 Å². The lowest BCUT2D eigenvalue weighted by Crippen LogP contribution is -2.31. The Morgan fingerprint density at radius 3 is 2.67 bits per heavy atom. The molecule has 2 aromatic rings. The third-order valence-corrected chi connectivity index (χ3v) is 5.17. The molecule has 1 aliphatic heterocycles. The highest BCUT2D eigenvalue weighted by Crippen LogP contribution is 2.32. The van der Waals surface area contributed by atoms with E-state index < -0.39 is 0 Å². The number of hydrogen-bond donors (Lipinski definition) is 1. The van der Waals surface area contributed by atoms with Crippen molar-refractivity contribution in [3.05, 3.63) is 35.7 Å². The van der Waals surface area contributed by atoms with E-state index in [4.69, 9.17) is 4.74 Å². The summed E-state index contributed by atoms with van der Waals surface area (Å²) in [6.07, 6.45) is 2.53. The highest BCUT2D eigenvalue weighted by atomic mass is 32.1. The van der Waals surface area contributed by atoms with Crippen molar-refractivity contribution in [3.8, 4) is 5.75 Å². The maximum Gasteiger partial charge on any atom is 0.202 e. The Morgan fingerprint density at radius 2 is 2.00 bits per heavy atom. The molecule has 1 aliphatic rings. The molecule has 1 aromatic heterocycles. The average Bonchev–Trinajstić information content (AvgIpc) is 3.27. The summed E-state index contributed by atoms with van der Waals surface area (Å²) in [4.78, 5) is 7.13. The van der Waals surface area contributed by atoms with Gasteiger partial charge in [0.1, 0.15) is 11.6 Å². The minimum atomic E-state index is 0.287. The maximum atomic E-state index is 5.59. The van der Waals surface area contributed by atoms with Crippen molar-refractivity contribution in [2.75, 3.05) is 32.1 Å². The standard InChI is InChI=1S/C18H26N4OS/c1-13(2)17-20-18(24-21-17)19-12-15(22-10-6-7-11-22)14-8-4-5-9-16(14)23-3/h4-5,8-9,13,15H,6-7,10-12H2,1-3H3,(H,19,20,21). The second-order valence-corrected chi connectivity index (χ2v) is 7.25. The highest BCUT2D eigenvalue weighted by molar-refractivity contribution is 7.09. The zero-order chi connectivity index (χ0) is 16.9. The lowest BCUT2D eigenvalue weighted by atomic mass is 10.0. The quantitative estimate of drug-likeness (QED) is 0.823. The maximum absolute atomic E-state index is 5.59. The SMILES string of the molecule is COc1ccccc1C(CNc1nc(C(C)C)ns1)N1CCCC1. The lowest BCUT2D eigenvalue weighted by Gasteiger charge is -2.29. The molecular formula is C18H26N4OS. The fourth-order valence-electron chi connectivity index (χ4n) is 3.16. The van der Waals surface area contributed by atoms with Crippen LogP contribution in [0.2, 0.25) is 0 Å². The van der Waals surface area contributed by atoms with Crippen molar-refractivity contribution >= 4 is 16.7 Å². The Kier molecular flexibility index (Phi) is 5.68. The molecule has 0 aliphatic carbocycles. The zero-order valence-corrected chi connectivity index (χ0v) is 15.5. The number of aromatic nitrogens is 2. The van der Waals surface area contributed by atoms with E-state index >= 15 is 0 Å². The summed E-state index contributed by atoms with van der Waals surface area (Å²) in [5, 5.41) is 4.40. The van der Waals surface area contributed by atoms with Crippen LogP contribution in [-0.2, 0) is 0 Å². The van der Waals surface area contributed by atoms with Crippen LogP contribution < -0.4 is 10.1 Å². The molecule has 24 heavy (non-hydrogen) atoms. The topological polar surface area (TPSA) is 50.3 Å². The van der Waals surface area contributed by atoms with Crippen LogP contribution in [0, 0.1) is 0 Å². The smallest absolute Gasteiger partial charge is 0.202 e. The second kappa shape index (κ2) is 7.94. The molecule has 5 nitrogen and oxygen atoms in total. The molecule has 1 atom stereocenters. The summed E-state index contributed by atoms with van der Waals surface area (Å²) < 4.78 is 10.0. The van der Waals surface area contributed by atoms with Crippen LogP contribution >= 0.6 is 11.5 Å². The van der Waals surface area contributed by atoms with Crippen LogP contribution in [0.4, 0.5) is 5.13 Å². The molecular weight excluding hydrogens is 320 g/mol. The van der Waals surface area contributed by atoms with Crippen molar-refractivity contribution in [1.82, 2.24) is 14.3 Å². The van der Waals surface area contributed by atoms with Crippen molar-refractivity contribution < 1.29 is 4.74 Å². The Bertz CT molecular complexity index is 652. The summed E-state index contributed by atoms with van der Waals surface area (Å²) in [7, 11) is 1.74. The third-order valence-electron chi connectivity index (χ3n) is 4.48. The molecule has 0 amide bonds. The van der Waals surface area contributed by atoms with Gasteiger partial charge >= 0.3 is 0 Å². The van der Waals surface area contributed by atoms with Gasteiger partial charge in [0, 0.05) is 29.6 Å². The monoisotopic (exact) mass is 346 g/mol. The number of anilines is 1. The zero-order valence-electron chi connectivity index (χ0n) is 14.7. The van der Waals surface area contributed by atoms with Crippen LogP contribution in [0.25, 0.3) is 0 Å². The van der Waals surface area contributed by atoms with E-state index in [-0.39, 0.29) is 6.04 Å². The third kappa shape index (κ3) is 3.87. The van der Waals surface area contributed by atoms with Crippen molar-refractivity contribution in [2.24, 2.45) is 0 Å². The van der Waals surface area contributed by atoms with Crippen LogP contribution in [0.3, 0.4) is 0 Å². The van der Waals surface area contributed by atoms with E-state index in [0.29, 0.717) is 5.92 Å². The van der Waals surface area contributed by atoms with Gasteiger partial charge < -0.3 is 10.1 Å². The number of nitrogens with one attached hydrogen (secondary N) is 1. The second-order valence-electron chi connectivity index (χ2n) is 6.49. The molecule has 1 aromatic carbocycles. The van der Waals surface area contributed by atoms with Crippen LogP contribution in [-0.4, -0.2) is 41.0 Å². The van der Waals surface area contributed by atoms with Gasteiger partial charge in [0.05, 0.1) is 13.2 Å². The van der Waals surface area contributed by atoms with Gasteiger partial charge in [-0.15, -0.1) is 0 Å². The first-order valence-corrected chi connectivity index (χ1v) is 9.41. The number of rotatable bonds is 7. The largest absolute Gasteiger partial charge is 0.496 e. The summed E-state index contributed by atoms with van der Waals surface area (Å²) in [5.41, 5.74) is 1.24.